The van der Waals surface area contributed by atoms with Gasteiger partial charge in [-0.15, -0.1) is 0 Å². The summed E-state index contributed by atoms with van der Waals surface area (Å²) in [4.78, 5) is 29.6. The Labute approximate surface area is 128 Å². The zero-order valence-corrected chi connectivity index (χ0v) is 12.6. The summed E-state index contributed by atoms with van der Waals surface area (Å²) in [6.07, 6.45) is 0. The van der Waals surface area contributed by atoms with E-state index in [2.05, 4.69) is 20.9 Å². The number of hydrogen-bond donors (Lipinski definition) is 0. The second-order valence-electron chi connectivity index (χ2n) is 4.99. The molecule has 21 heavy (non-hydrogen) atoms. The van der Waals surface area contributed by atoms with E-state index in [0.717, 1.165) is 10.0 Å². The first kappa shape index (κ1) is 12.5. The third kappa shape index (κ3) is 1.52. The molecule has 0 atom stereocenters. The van der Waals surface area contributed by atoms with E-state index < -0.39 is 0 Å². The summed E-state index contributed by atoms with van der Waals surface area (Å²) in [7, 11) is 0. The quantitative estimate of drug-likeness (QED) is 0.494. The number of fused-ring (bicyclic) bond motifs is 4. The van der Waals surface area contributed by atoms with Gasteiger partial charge >= 0.3 is 0 Å². The second-order valence-corrected chi connectivity index (χ2v) is 5.85. The SMILES string of the molecule is Cc1c(Br)ccc2c1-n1c(nc3ccccc3c1=O)C2=O. The minimum Gasteiger partial charge on any atom is -0.285 e. The number of hydrogen-bond acceptors (Lipinski definition) is 3. The Morgan fingerprint density at radius 2 is 1.86 bits per heavy atom. The highest BCUT2D eigenvalue weighted by atomic mass is 79.9. The Kier molecular flexibility index (Phi) is 2.44. The van der Waals surface area contributed by atoms with Crippen LogP contribution in [0.25, 0.3) is 16.6 Å². The molecule has 4 nitrogen and oxygen atoms in total. The molecule has 0 radical (unpaired) electrons. The molecule has 0 spiro atoms. The molecular weight excluding hydrogens is 332 g/mol. The monoisotopic (exact) mass is 340 g/mol. The fraction of sp³-hybridized carbons (Fsp3) is 0.0625. The Morgan fingerprint density at radius 3 is 2.67 bits per heavy atom. The summed E-state index contributed by atoms with van der Waals surface area (Å²) in [6.45, 7) is 1.88. The molecule has 0 aliphatic carbocycles. The average Bonchev–Trinajstić information content (AvgIpc) is 2.77. The maximum absolute atomic E-state index is 12.7. The van der Waals surface area contributed by atoms with Crippen molar-refractivity contribution in [3.8, 4) is 5.69 Å². The van der Waals surface area contributed by atoms with Crippen LogP contribution in [0.5, 0.6) is 0 Å². The smallest absolute Gasteiger partial charge is 0.266 e. The number of ketones is 1. The van der Waals surface area contributed by atoms with Crippen LogP contribution in [0.3, 0.4) is 0 Å². The summed E-state index contributed by atoms with van der Waals surface area (Å²) >= 11 is 3.45. The van der Waals surface area contributed by atoms with Crippen LogP contribution in [0.4, 0.5) is 0 Å². The van der Waals surface area contributed by atoms with Crippen molar-refractivity contribution in [2.24, 2.45) is 0 Å². The van der Waals surface area contributed by atoms with Crippen LogP contribution in [-0.4, -0.2) is 15.3 Å². The highest BCUT2D eigenvalue weighted by Gasteiger charge is 2.31. The van der Waals surface area contributed by atoms with Gasteiger partial charge in [0.15, 0.2) is 5.82 Å². The van der Waals surface area contributed by atoms with Crippen molar-refractivity contribution >= 4 is 32.6 Å². The Hall–Kier alpha value is -2.27. The van der Waals surface area contributed by atoms with E-state index in [1.807, 2.05) is 13.0 Å². The van der Waals surface area contributed by atoms with Crippen LogP contribution < -0.4 is 5.56 Å². The van der Waals surface area contributed by atoms with Gasteiger partial charge in [0.25, 0.3) is 5.56 Å². The third-order valence-corrected chi connectivity index (χ3v) is 4.67. The molecule has 5 heteroatoms. The molecule has 0 fully saturated rings. The fourth-order valence-corrected chi connectivity index (χ4v) is 3.08. The molecule has 0 N–H and O–H groups in total. The number of benzene rings is 2. The molecule has 0 unspecified atom stereocenters. The van der Waals surface area contributed by atoms with E-state index in [1.165, 1.54) is 4.57 Å². The lowest BCUT2D eigenvalue weighted by Gasteiger charge is -2.09. The van der Waals surface area contributed by atoms with Crippen molar-refractivity contribution in [2.45, 2.75) is 6.92 Å². The van der Waals surface area contributed by atoms with Crippen LogP contribution in [0.15, 0.2) is 45.7 Å². The summed E-state index contributed by atoms with van der Waals surface area (Å²) in [5.41, 5.74) is 2.36. The van der Waals surface area contributed by atoms with E-state index in [9.17, 15) is 9.59 Å². The first-order valence-corrected chi connectivity index (χ1v) is 7.25. The molecule has 1 aromatic heterocycles. The molecule has 2 aromatic carbocycles. The van der Waals surface area contributed by atoms with Crippen molar-refractivity contribution < 1.29 is 4.79 Å². The summed E-state index contributed by atoms with van der Waals surface area (Å²) < 4.78 is 2.29. The van der Waals surface area contributed by atoms with Crippen LogP contribution in [0.2, 0.25) is 0 Å². The summed E-state index contributed by atoms with van der Waals surface area (Å²) in [6, 6.07) is 10.6. The van der Waals surface area contributed by atoms with Gasteiger partial charge in [-0.1, -0.05) is 28.1 Å². The first-order chi connectivity index (χ1) is 10.1. The Morgan fingerprint density at radius 1 is 1.10 bits per heavy atom. The molecule has 1 aliphatic rings. The molecule has 102 valence electrons. The van der Waals surface area contributed by atoms with Crippen LogP contribution in [-0.2, 0) is 0 Å². The third-order valence-electron chi connectivity index (χ3n) is 3.81. The van der Waals surface area contributed by atoms with Gasteiger partial charge in [0.1, 0.15) is 0 Å². The summed E-state index contributed by atoms with van der Waals surface area (Å²) in [5, 5.41) is 0.515. The zero-order chi connectivity index (χ0) is 14.7. The van der Waals surface area contributed by atoms with Gasteiger partial charge < -0.3 is 0 Å². The topological polar surface area (TPSA) is 52.0 Å². The van der Waals surface area contributed by atoms with Crippen molar-refractivity contribution in [1.82, 2.24) is 9.55 Å². The van der Waals surface area contributed by atoms with Gasteiger partial charge in [-0.05, 0) is 36.8 Å². The van der Waals surface area contributed by atoms with Crippen molar-refractivity contribution in [3.05, 3.63) is 68.2 Å². The van der Waals surface area contributed by atoms with E-state index in [0.29, 0.717) is 22.2 Å². The zero-order valence-electron chi connectivity index (χ0n) is 11.1. The standard InChI is InChI=1S/C16H9BrN2O2/c1-8-11(17)7-6-10-13(8)19-15(14(10)20)18-12-5-3-2-4-9(12)16(19)21/h2-7H,1H3. The number of carbonyl (C=O) groups excluding carboxylic acids is 1. The van der Waals surface area contributed by atoms with Crippen LogP contribution in [0, 0.1) is 6.92 Å². The largest absolute Gasteiger partial charge is 0.285 e. The fourth-order valence-electron chi connectivity index (χ4n) is 2.76. The molecule has 2 heterocycles. The van der Waals surface area contributed by atoms with E-state index in [4.69, 9.17) is 0 Å². The Bertz CT molecular complexity index is 1010. The molecule has 3 aromatic rings. The summed E-state index contributed by atoms with van der Waals surface area (Å²) in [5.74, 6) is -0.0154. The number of rotatable bonds is 0. The number of halogens is 1. The maximum atomic E-state index is 12.7. The molecule has 0 saturated heterocycles. The predicted molar refractivity (Wildman–Crippen MR) is 83.2 cm³/mol. The molecule has 4 rings (SSSR count). The van der Waals surface area contributed by atoms with Gasteiger partial charge in [0, 0.05) is 4.47 Å². The van der Waals surface area contributed by atoms with Crippen LogP contribution in [0.1, 0.15) is 21.7 Å². The maximum Gasteiger partial charge on any atom is 0.266 e. The minimum absolute atomic E-state index is 0.190. The van der Waals surface area contributed by atoms with Crippen LogP contribution >= 0.6 is 15.9 Å². The molecule has 0 saturated carbocycles. The molecule has 1 aliphatic heterocycles. The van der Waals surface area contributed by atoms with Crippen molar-refractivity contribution in [1.29, 1.82) is 0 Å². The van der Waals surface area contributed by atoms with Gasteiger partial charge in [0.05, 0.1) is 22.2 Å². The van der Waals surface area contributed by atoms with Gasteiger partial charge in [0.2, 0.25) is 5.78 Å². The Balaban J connectivity index is 2.24. The van der Waals surface area contributed by atoms with E-state index in [-0.39, 0.29) is 17.2 Å². The first-order valence-electron chi connectivity index (χ1n) is 6.45. The number of para-hydroxylation sites is 1. The predicted octanol–water partition coefficient (Wildman–Crippen LogP) is 3.00. The molecule has 0 bridgehead atoms. The van der Waals surface area contributed by atoms with Gasteiger partial charge in [-0.25, -0.2) is 4.98 Å². The van der Waals surface area contributed by atoms with Crippen molar-refractivity contribution in [3.63, 3.8) is 0 Å². The van der Waals surface area contributed by atoms with Crippen molar-refractivity contribution in [2.75, 3.05) is 0 Å². The minimum atomic E-state index is -0.205. The second kappa shape index (κ2) is 4.11. The number of nitrogens with zero attached hydrogens (tertiary/aromatic N) is 2. The highest BCUT2D eigenvalue weighted by molar-refractivity contribution is 9.10. The molecular formula is C16H9BrN2O2. The lowest BCUT2D eigenvalue weighted by atomic mass is 10.1. The lowest BCUT2D eigenvalue weighted by Crippen LogP contribution is -2.22. The molecule has 0 amide bonds. The number of carbonyl (C=O) groups is 1. The number of aromatic nitrogens is 2. The highest BCUT2D eigenvalue weighted by Crippen LogP contribution is 2.32. The normalized spacial score (nSPS) is 12.6. The lowest BCUT2D eigenvalue weighted by molar-refractivity contribution is 0.103. The van der Waals surface area contributed by atoms with E-state index >= 15 is 0 Å². The van der Waals surface area contributed by atoms with Gasteiger partial charge in [-0.2, -0.15) is 0 Å². The van der Waals surface area contributed by atoms with Gasteiger partial charge in [-0.3, -0.25) is 14.2 Å². The average molecular weight is 341 g/mol. The van der Waals surface area contributed by atoms with E-state index in [1.54, 1.807) is 30.3 Å².